The zero-order valence-electron chi connectivity index (χ0n) is 12.3. The molecule has 0 saturated heterocycles. The lowest BCUT2D eigenvalue weighted by Crippen LogP contribution is -2.25. The van der Waals surface area contributed by atoms with E-state index >= 15 is 0 Å². The van der Waals surface area contributed by atoms with Gasteiger partial charge in [-0.15, -0.1) is 0 Å². The van der Waals surface area contributed by atoms with Crippen molar-refractivity contribution in [2.45, 2.75) is 64.8 Å². The summed E-state index contributed by atoms with van der Waals surface area (Å²) >= 11 is 1.84. The Morgan fingerprint density at radius 2 is 1.95 bits per heavy atom. The van der Waals surface area contributed by atoms with Crippen LogP contribution in [0.2, 0.25) is 0 Å². The van der Waals surface area contributed by atoms with Gasteiger partial charge in [-0.05, 0) is 32.1 Å². The predicted octanol–water partition coefficient (Wildman–Crippen LogP) is 3.89. The molecule has 0 bridgehead atoms. The SMILES string of the molecule is CCCCN(CCCC)c1nc2c(s1)C(N)CCC2. The molecule has 19 heavy (non-hydrogen) atoms. The number of nitrogens with two attached hydrogens (primary N) is 1. The maximum atomic E-state index is 6.21. The quantitative estimate of drug-likeness (QED) is 0.824. The molecule has 1 aromatic rings. The third-order valence-electron chi connectivity index (χ3n) is 3.82. The van der Waals surface area contributed by atoms with Gasteiger partial charge in [0.1, 0.15) is 0 Å². The van der Waals surface area contributed by atoms with Gasteiger partial charge < -0.3 is 10.6 Å². The van der Waals surface area contributed by atoms with E-state index in [0.717, 1.165) is 25.9 Å². The summed E-state index contributed by atoms with van der Waals surface area (Å²) in [5.74, 6) is 0. The second-order valence-corrected chi connectivity index (χ2v) is 6.51. The number of anilines is 1. The molecule has 4 heteroatoms. The smallest absolute Gasteiger partial charge is 0.185 e. The molecule has 1 aliphatic rings. The summed E-state index contributed by atoms with van der Waals surface area (Å²) in [7, 11) is 0. The molecule has 1 heterocycles. The van der Waals surface area contributed by atoms with E-state index in [1.165, 1.54) is 47.8 Å². The van der Waals surface area contributed by atoms with Gasteiger partial charge in [0, 0.05) is 24.0 Å². The summed E-state index contributed by atoms with van der Waals surface area (Å²) in [5, 5.41) is 1.21. The molecule has 0 radical (unpaired) electrons. The molecule has 0 fully saturated rings. The van der Waals surface area contributed by atoms with Crippen LogP contribution in [0.4, 0.5) is 5.13 Å². The van der Waals surface area contributed by atoms with Crippen LogP contribution < -0.4 is 10.6 Å². The Labute approximate surface area is 121 Å². The minimum absolute atomic E-state index is 0.231. The van der Waals surface area contributed by atoms with E-state index in [-0.39, 0.29) is 6.04 Å². The van der Waals surface area contributed by atoms with Crippen LogP contribution in [0.3, 0.4) is 0 Å². The van der Waals surface area contributed by atoms with Gasteiger partial charge in [-0.3, -0.25) is 0 Å². The van der Waals surface area contributed by atoms with Gasteiger partial charge in [-0.1, -0.05) is 38.0 Å². The summed E-state index contributed by atoms with van der Waals surface area (Å²) in [5.41, 5.74) is 7.49. The second-order valence-electron chi connectivity index (χ2n) is 5.50. The van der Waals surface area contributed by atoms with Gasteiger partial charge >= 0.3 is 0 Å². The Hall–Kier alpha value is -0.610. The van der Waals surface area contributed by atoms with Gasteiger partial charge in [-0.25, -0.2) is 4.98 Å². The fourth-order valence-corrected chi connectivity index (χ4v) is 3.78. The molecule has 0 amide bonds. The number of hydrogen-bond donors (Lipinski definition) is 1. The first-order valence-corrected chi connectivity index (χ1v) is 8.58. The fourth-order valence-electron chi connectivity index (χ4n) is 2.58. The third kappa shape index (κ3) is 3.69. The molecule has 1 aliphatic carbocycles. The lowest BCUT2D eigenvalue weighted by molar-refractivity contribution is 0.573. The molecule has 2 N–H and O–H groups in total. The predicted molar refractivity (Wildman–Crippen MR) is 84.0 cm³/mol. The molecule has 1 atom stereocenters. The Morgan fingerprint density at radius 1 is 1.26 bits per heavy atom. The van der Waals surface area contributed by atoms with Crippen molar-refractivity contribution in [2.24, 2.45) is 5.73 Å². The van der Waals surface area contributed by atoms with Crippen molar-refractivity contribution in [3.8, 4) is 0 Å². The van der Waals surface area contributed by atoms with E-state index in [4.69, 9.17) is 10.7 Å². The maximum absolute atomic E-state index is 6.21. The minimum Gasteiger partial charge on any atom is -0.348 e. The summed E-state index contributed by atoms with van der Waals surface area (Å²) in [4.78, 5) is 8.69. The number of nitrogens with zero attached hydrogens (tertiary/aromatic N) is 2. The monoisotopic (exact) mass is 281 g/mol. The molecule has 0 aromatic carbocycles. The Balaban J connectivity index is 2.11. The average molecular weight is 281 g/mol. The van der Waals surface area contributed by atoms with E-state index in [0.29, 0.717) is 0 Å². The van der Waals surface area contributed by atoms with Crippen molar-refractivity contribution in [1.82, 2.24) is 4.98 Å². The van der Waals surface area contributed by atoms with E-state index in [2.05, 4.69) is 18.7 Å². The number of fused-ring (bicyclic) bond motifs is 1. The van der Waals surface area contributed by atoms with Crippen molar-refractivity contribution < 1.29 is 0 Å². The fraction of sp³-hybridized carbons (Fsp3) is 0.800. The van der Waals surface area contributed by atoms with Gasteiger partial charge in [0.15, 0.2) is 5.13 Å². The van der Waals surface area contributed by atoms with Gasteiger partial charge in [0.05, 0.1) is 5.69 Å². The lowest BCUT2D eigenvalue weighted by atomic mass is 9.99. The highest BCUT2D eigenvalue weighted by atomic mass is 32.1. The number of hydrogen-bond acceptors (Lipinski definition) is 4. The third-order valence-corrected chi connectivity index (χ3v) is 5.11. The summed E-state index contributed by atoms with van der Waals surface area (Å²) < 4.78 is 0. The average Bonchev–Trinajstić information content (AvgIpc) is 2.84. The maximum Gasteiger partial charge on any atom is 0.185 e. The van der Waals surface area contributed by atoms with Gasteiger partial charge in [0.2, 0.25) is 0 Å². The second kappa shape index (κ2) is 7.25. The van der Waals surface area contributed by atoms with Crippen molar-refractivity contribution in [3.05, 3.63) is 10.6 Å². The molecule has 1 unspecified atom stereocenters. The number of aromatic nitrogens is 1. The standard InChI is InChI=1S/C15H27N3S/c1-3-5-10-18(11-6-4-2)15-17-13-9-7-8-12(16)14(13)19-15/h12H,3-11,16H2,1-2H3. The molecular weight excluding hydrogens is 254 g/mol. The van der Waals surface area contributed by atoms with E-state index in [9.17, 15) is 0 Å². The Morgan fingerprint density at radius 3 is 2.53 bits per heavy atom. The molecule has 0 aliphatic heterocycles. The van der Waals surface area contributed by atoms with Crippen molar-refractivity contribution in [2.75, 3.05) is 18.0 Å². The van der Waals surface area contributed by atoms with E-state index < -0.39 is 0 Å². The van der Waals surface area contributed by atoms with Crippen LogP contribution >= 0.6 is 11.3 Å². The van der Waals surface area contributed by atoms with Gasteiger partial charge in [-0.2, -0.15) is 0 Å². The van der Waals surface area contributed by atoms with Gasteiger partial charge in [0.25, 0.3) is 0 Å². The number of unbranched alkanes of at least 4 members (excludes halogenated alkanes) is 2. The number of aryl methyl sites for hydroxylation is 1. The van der Waals surface area contributed by atoms with E-state index in [1.807, 2.05) is 11.3 Å². The zero-order valence-corrected chi connectivity index (χ0v) is 13.1. The normalized spacial score (nSPS) is 18.4. The number of thiazole rings is 1. The summed E-state index contributed by atoms with van der Waals surface area (Å²) in [6.45, 7) is 6.78. The molecule has 0 saturated carbocycles. The largest absolute Gasteiger partial charge is 0.348 e. The van der Waals surface area contributed by atoms with Crippen molar-refractivity contribution >= 4 is 16.5 Å². The highest BCUT2D eigenvalue weighted by Gasteiger charge is 2.23. The molecule has 1 aromatic heterocycles. The van der Waals surface area contributed by atoms with Crippen LogP contribution in [0.15, 0.2) is 0 Å². The molecule has 108 valence electrons. The summed E-state index contributed by atoms with van der Waals surface area (Å²) in [6.07, 6.45) is 8.43. The lowest BCUT2D eigenvalue weighted by Gasteiger charge is -2.21. The molecule has 3 nitrogen and oxygen atoms in total. The zero-order chi connectivity index (χ0) is 13.7. The molecular formula is C15H27N3S. The Kier molecular flexibility index (Phi) is 5.64. The van der Waals surface area contributed by atoms with Crippen LogP contribution in [0.25, 0.3) is 0 Å². The highest BCUT2D eigenvalue weighted by Crippen LogP contribution is 2.36. The van der Waals surface area contributed by atoms with Crippen LogP contribution in [0.5, 0.6) is 0 Å². The number of rotatable bonds is 7. The first-order chi connectivity index (χ1) is 9.26. The van der Waals surface area contributed by atoms with Crippen LogP contribution in [0, 0.1) is 0 Å². The molecule has 2 rings (SSSR count). The highest BCUT2D eigenvalue weighted by molar-refractivity contribution is 7.15. The van der Waals surface area contributed by atoms with Crippen molar-refractivity contribution in [3.63, 3.8) is 0 Å². The van der Waals surface area contributed by atoms with Crippen LogP contribution in [0.1, 0.15) is 69.0 Å². The Bertz CT molecular complexity index is 381. The summed E-state index contributed by atoms with van der Waals surface area (Å²) in [6, 6.07) is 0.231. The van der Waals surface area contributed by atoms with Crippen LogP contribution in [-0.2, 0) is 6.42 Å². The first-order valence-electron chi connectivity index (χ1n) is 7.76. The van der Waals surface area contributed by atoms with Crippen molar-refractivity contribution in [1.29, 1.82) is 0 Å². The first kappa shape index (κ1) is 14.8. The topological polar surface area (TPSA) is 42.2 Å². The molecule has 0 spiro atoms. The van der Waals surface area contributed by atoms with Crippen LogP contribution in [-0.4, -0.2) is 18.1 Å². The van der Waals surface area contributed by atoms with E-state index in [1.54, 1.807) is 0 Å². The minimum atomic E-state index is 0.231.